The third-order valence-electron chi connectivity index (χ3n) is 2.39. The number of azo groups is 1. The van der Waals surface area contributed by atoms with Crippen LogP contribution in [0.3, 0.4) is 0 Å². The first kappa shape index (κ1) is 12.8. The molecule has 0 heterocycles. The molecule has 0 saturated heterocycles. The lowest BCUT2D eigenvalue weighted by Gasteiger charge is -2.04. The summed E-state index contributed by atoms with van der Waals surface area (Å²) in [5.74, 6) is 0. The van der Waals surface area contributed by atoms with Gasteiger partial charge >= 0.3 is 6.09 Å². The molecule has 0 aliphatic carbocycles. The second-order valence-electron chi connectivity index (χ2n) is 3.77. The van der Waals surface area contributed by atoms with Crippen molar-refractivity contribution >= 4 is 17.5 Å². The van der Waals surface area contributed by atoms with Gasteiger partial charge < -0.3 is 10.5 Å². The summed E-state index contributed by atoms with van der Waals surface area (Å²) in [6, 6.07) is 16.7. The Balaban J connectivity index is 2.16. The highest BCUT2D eigenvalue weighted by atomic mass is 16.5. The van der Waals surface area contributed by atoms with Crippen LogP contribution in [0.2, 0.25) is 0 Å². The van der Waals surface area contributed by atoms with E-state index in [0.29, 0.717) is 5.69 Å². The second kappa shape index (κ2) is 6.30. The van der Waals surface area contributed by atoms with Crippen LogP contribution < -0.4 is 5.73 Å². The fraction of sp³-hybridized carbons (Fsp3) is 0.0714. The average molecular weight is 255 g/mol. The van der Waals surface area contributed by atoms with Crippen molar-refractivity contribution in [2.75, 3.05) is 0 Å². The van der Waals surface area contributed by atoms with Crippen LogP contribution in [0.15, 0.2) is 64.8 Å². The van der Waals surface area contributed by atoms with E-state index in [1.54, 1.807) is 6.07 Å². The highest BCUT2D eigenvalue weighted by Gasteiger charge is 2.03. The molecular weight excluding hydrogens is 242 g/mol. The van der Waals surface area contributed by atoms with Crippen LogP contribution in [0, 0.1) is 0 Å². The van der Waals surface area contributed by atoms with Gasteiger partial charge in [-0.05, 0) is 18.2 Å². The van der Waals surface area contributed by atoms with Gasteiger partial charge in [0.15, 0.2) is 0 Å². The van der Waals surface area contributed by atoms with Gasteiger partial charge in [0.25, 0.3) is 0 Å². The van der Waals surface area contributed by atoms with Gasteiger partial charge in [0.2, 0.25) is 0 Å². The molecule has 96 valence electrons. The van der Waals surface area contributed by atoms with Crippen molar-refractivity contribution in [2.24, 2.45) is 16.0 Å². The van der Waals surface area contributed by atoms with Crippen molar-refractivity contribution in [3.8, 4) is 0 Å². The molecule has 5 heteroatoms. The molecule has 5 nitrogen and oxygen atoms in total. The highest BCUT2D eigenvalue weighted by molar-refractivity contribution is 5.64. The molecule has 0 fully saturated rings. The number of nitrogens with zero attached hydrogens (tertiary/aromatic N) is 2. The summed E-state index contributed by atoms with van der Waals surface area (Å²) in [5, 5.41) is 8.26. The molecule has 2 rings (SSSR count). The number of hydrogen-bond donors (Lipinski definition) is 1. The smallest absolute Gasteiger partial charge is 0.404 e. The van der Waals surface area contributed by atoms with E-state index in [1.807, 2.05) is 48.5 Å². The van der Waals surface area contributed by atoms with Gasteiger partial charge in [0.1, 0.15) is 6.61 Å². The minimum atomic E-state index is -0.810. The number of rotatable bonds is 4. The maximum absolute atomic E-state index is 10.6. The van der Waals surface area contributed by atoms with E-state index in [2.05, 4.69) is 10.2 Å². The SMILES string of the molecule is NC(=O)OCc1ccccc1/N=N/c1ccccc1. The van der Waals surface area contributed by atoms with Crippen LogP contribution in [-0.4, -0.2) is 6.09 Å². The van der Waals surface area contributed by atoms with Crippen LogP contribution >= 0.6 is 0 Å². The maximum atomic E-state index is 10.6. The van der Waals surface area contributed by atoms with Gasteiger partial charge in [-0.15, -0.1) is 0 Å². The van der Waals surface area contributed by atoms with Crippen LogP contribution in [0.25, 0.3) is 0 Å². The van der Waals surface area contributed by atoms with E-state index >= 15 is 0 Å². The third kappa shape index (κ3) is 3.92. The molecule has 2 aromatic rings. The molecule has 2 aromatic carbocycles. The Kier molecular flexibility index (Phi) is 4.23. The minimum absolute atomic E-state index is 0.0827. The lowest BCUT2D eigenvalue weighted by molar-refractivity contribution is 0.150. The van der Waals surface area contributed by atoms with E-state index in [0.717, 1.165) is 11.3 Å². The van der Waals surface area contributed by atoms with Gasteiger partial charge in [-0.3, -0.25) is 0 Å². The summed E-state index contributed by atoms with van der Waals surface area (Å²) in [7, 11) is 0. The number of benzene rings is 2. The zero-order valence-corrected chi connectivity index (χ0v) is 10.2. The van der Waals surface area contributed by atoms with Crippen LogP contribution in [-0.2, 0) is 11.3 Å². The van der Waals surface area contributed by atoms with E-state index in [1.165, 1.54) is 0 Å². The molecule has 0 saturated carbocycles. The Morgan fingerprint density at radius 3 is 2.42 bits per heavy atom. The summed E-state index contributed by atoms with van der Waals surface area (Å²) < 4.78 is 4.76. The molecule has 0 atom stereocenters. The lowest BCUT2D eigenvalue weighted by atomic mass is 10.2. The normalized spacial score (nSPS) is 10.5. The molecule has 1 amide bonds. The Morgan fingerprint density at radius 1 is 1.00 bits per heavy atom. The van der Waals surface area contributed by atoms with Crippen molar-refractivity contribution in [1.82, 2.24) is 0 Å². The molecule has 0 radical (unpaired) electrons. The molecule has 0 aromatic heterocycles. The number of primary amides is 1. The number of ether oxygens (including phenoxy) is 1. The van der Waals surface area contributed by atoms with Crippen molar-refractivity contribution in [2.45, 2.75) is 6.61 Å². The largest absolute Gasteiger partial charge is 0.445 e. The van der Waals surface area contributed by atoms with E-state index in [9.17, 15) is 4.79 Å². The first-order valence-electron chi connectivity index (χ1n) is 5.72. The van der Waals surface area contributed by atoms with Crippen molar-refractivity contribution < 1.29 is 9.53 Å². The molecule has 2 N–H and O–H groups in total. The number of carbonyl (C=O) groups excluding carboxylic acids is 1. The lowest BCUT2D eigenvalue weighted by Crippen LogP contribution is -2.12. The Labute approximate surface area is 110 Å². The minimum Gasteiger partial charge on any atom is -0.445 e. The summed E-state index contributed by atoms with van der Waals surface area (Å²) in [6.45, 7) is 0.0827. The molecule has 0 aliphatic rings. The van der Waals surface area contributed by atoms with Crippen LogP contribution in [0.5, 0.6) is 0 Å². The topological polar surface area (TPSA) is 77.0 Å². The van der Waals surface area contributed by atoms with Gasteiger partial charge in [0.05, 0.1) is 11.4 Å². The first-order valence-corrected chi connectivity index (χ1v) is 5.72. The Hall–Kier alpha value is -2.69. The fourth-order valence-electron chi connectivity index (χ4n) is 1.49. The standard InChI is InChI=1S/C14H13N3O2/c15-14(18)19-10-11-6-4-5-9-13(11)17-16-12-7-2-1-3-8-12/h1-9H,10H2,(H2,15,18)/b17-16+. The quantitative estimate of drug-likeness (QED) is 0.845. The Bertz CT molecular complexity index is 582. The predicted octanol–water partition coefficient (Wildman–Crippen LogP) is 3.70. The van der Waals surface area contributed by atoms with Crippen LogP contribution in [0.1, 0.15) is 5.56 Å². The fourth-order valence-corrected chi connectivity index (χ4v) is 1.49. The summed E-state index contributed by atoms with van der Waals surface area (Å²) >= 11 is 0. The average Bonchev–Trinajstić information content (AvgIpc) is 2.45. The first-order chi connectivity index (χ1) is 9.25. The zero-order valence-electron chi connectivity index (χ0n) is 10.2. The van der Waals surface area contributed by atoms with E-state index in [-0.39, 0.29) is 6.61 Å². The maximum Gasteiger partial charge on any atom is 0.404 e. The van der Waals surface area contributed by atoms with Gasteiger partial charge in [-0.25, -0.2) is 4.79 Å². The number of nitrogens with two attached hydrogens (primary N) is 1. The highest BCUT2D eigenvalue weighted by Crippen LogP contribution is 2.22. The summed E-state index contributed by atoms with van der Waals surface area (Å²) in [4.78, 5) is 10.6. The van der Waals surface area contributed by atoms with Gasteiger partial charge in [-0.1, -0.05) is 36.4 Å². The van der Waals surface area contributed by atoms with Crippen LogP contribution in [0.4, 0.5) is 16.2 Å². The second-order valence-corrected chi connectivity index (χ2v) is 3.77. The van der Waals surface area contributed by atoms with Gasteiger partial charge in [-0.2, -0.15) is 10.2 Å². The molecule has 0 unspecified atom stereocenters. The predicted molar refractivity (Wildman–Crippen MR) is 71.4 cm³/mol. The zero-order chi connectivity index (χ0) is 13.5. The van der Waals surface area contributed by atoms with Gasteiger partial charge in [0, 0.05) is 5.56 Å². The monoisotopic (exact) mass is 255 g/mol. The van der Waals surface area contributed by atoms with Crippen molar-refractivity contribution in [1.29, 1.82) is 0 Å². The van der Waals surface area contributed by atoms with E-state index in [4.69, 9.17) is 10.5 Å². The molecule has 19 heavy (non-hydrogen) atoms. The molecular formula is C14H13N3O2. The van der Waals surface area contributed by atoms with Crippen molar-refractivity contribution in [3.05, 3.63) is 60.2 Å². The number of amides is 1. The number of carbonyl (C=O) groups is 1. The molecule has 0 aliphatic heterocycles. The van der Waals surface area contributed by atoms with E-state index < -0.39 is 6.09 Å². The summed E-state index contributed by atoms with van der Waals surface area (Å²) in [6.07, 6.45) is -0.810. The summed E-state index contributed by atoms with van der Waals surface area (Å²) in [5.41, 5.74) is 7.09. The third-order valence-corrected chi connectivity index (χ3v) is 2.39. The Morgan fingerprint density at radius 2 is 1.68 bits per heavy atom. The number of hydrogen-bond acceptors (Lipinski definition) is 4. The molecule has 0 bridgehead atoms. The van der Waals surface area contributed by atoms with Crippen molar-refractivity contribution in [3.63, 3.8) is 0 Å². The molecule has 0 spiro atoms.